The fourth-order valence-corrected chi connectivity index (χ4v) is 3.17. The fourth-order valence-electron chi connectivity index (χ4n) is 3.17. The normalized spacial score (nSPS) is 17.9. The van der Waals surface area contributed by atoms with Crippen molar-refractivity contribution in [3.63, 3.8) is 0 Å². The van der Waals surface area contributed by atoms with Crippen LogP contribution in [0.25, 0.3) is 22.2 Å². The second-order valence-electron chi connectivity index (χ2n) is 6.34. The van der Waals surface area contributed by atoms with Gasteiger partial charge in [-0.25, -0.2) is 15.0 Å². The van der Waals surface area contributed by atoms with Crippen LogP contribution in [0.5, 0.6) is 0 Å². The van der Waals surface area contributed by atoms with E-state index in [0.717, 1.165) is 35.9 Å². The van der Waals surface area contributed by atoms with Crippen LogP contribution in [0.1, 0.15) is 19.8 Å². The van der Waals surface area contributed by atoms with Gasteiger partial charge in [-0.05, 0) is 32.4 Å². The van der Waals surface area contributed by atoms with Crippen molar-refractivity contribution in [1.82, 2.24) is 19.9 Å². The molecule has 0 bridgehead atoms. The lowest BCUT2D eigenvalue weighted by Gasteiger charge is -2.19. The molecule has 3 heterocycles. The number of hydrogen-bond donors (Lipinski definition) is 1. The predicted molar refractivity (Wildman–Crippen MR) is 93.9 cm³/mol. The minimum atomic E-state index is -0.0838. The number of aromatic nitrogens is 3. The van der Waals surface area contributed by atoms with Gasteiger partial charge in [0.25, 0.3) is 0 Å². The number of oxazole rings is 1. The standard InChI is InChI=1S/C18H19N5O2/c1-12-3-2-6-23(12)10-17(24)22-18-20-8-14-5-4-13(7-15(14)21-18)16-9-19-11-25-16/h4-5,7-9,11-12H,2-3,6,10H2,1H3,(H,20,21,22,24)/t12-/m1/s1. The Labute approximate surface area is 145 Å². The van der Waals surface area contributed by atoms with Crippen LogP contribution in [0.4, 0.5) is 5.95 Å². The van der Waals surface area contributed by atoms with Gasteiger partial charge < -0.3 is 4.42 Å². The Morgan fingerprint density at radius 2 is 2.32 bits per heavy atom. The van der Waals surface area contributed by atoms with Crippen molar-refractivity contribution >= 4 is 22.8 Å². The molecule has 4 rings (SSSR count). The summed E-state index contributed by atoms with van der Waals surface area (Å²) in [7, 11) is 0. The van der Waals surface area contributed by atoms with E-state index in [9.17, 15) is 4.79 Å². The average molecular weight is 337 g/mol. The summed E-state index contributed by atoms with van der Waals surface area (Å²) < 4.78 is 5.32. The number of likely N-dealkylation sites (tertiary alicyclic amines) is 1. The maximum atomic E-state index is 12.2. The van der Waals surface area contributed by atoms with E-state index in [0.29, 0.717) is 24.3 Å². The summed E-state index contributed by atoms with van der Waals surface area (Å²) in [5.41, 5.74) is 1.63. The Morgan fingerprint density at radius 1 is 1.40 bits per heavy atom. The molecule has 1 aromatic carbocycles. The number of carbonyl (C=O) groups is 1. The first-order chi connectivity index (χ1) is 12.2. The molecule has 1 N–H and O–H groups in total. The molecule has 1 saturated heterocycles. The number of nitrogens with zero attached hydrogens (tertiary/aromatic N) is 4. The lowest BCUT2D eigenvalue weighted by Crippen LogP contribution is -2.35. The van der Waals surface area contributed by atoms with Crippen molar-refractivity contribution in [2.45, 2.75) is 25.8 Å². The fraction of sp³-hybridized carbons (Fsp3) is 0.333. The molecule has 0 unspecified atom stereocenters. The zero-order valence-electron chi connectivity index (χ0n) is 14.0. The summed E-state index contributed by atoms with van der Waals surface area (Å²) in [5.74, 6) is 0.910. The summed E-state index contributed by atoms with van der Waals surface area (Å²) in [6, 6.07) is 6.20. The Kier molecular flexibility index (Phi) is 4.15. The highest BCUT2D eigenvalue weighted by molar-refractivity contribution is 5.92. The van der Waals surface area contributed by atoms with Crippen LogP contribution in [0.2, 0.25) is 0 Å². The van der Waals surface area contributed by atoms with E-state index in [2.05, 4.69) is 32.1 Å². The lowest BCUT2D eigenvalue weighted by atomic mass is 10.1. The van der Waals surface area contributed by atoms with Gasteiger partial charge in [-0.1, -0.05) is 12.1 Å². The first-order valence-electron chi connectivity index (χ1n) is 8.38. The van der Waals surface area contributed by atoms with E-state index < -0.39 is 0 Å². The Balaban J connectivity index is 1.52. The van der Waals surface area contributed by atoms with E-state index in [-0.39, 0.29) is 5.91 Å². The third-order valence-corrected chi connectivity index (χ3v) is 4.59. The lowest BCUT2D eigenvalue weighted by molar-refractivity contribution is -0.117. The van der Waals surface area contributed by atoms with E-state index in [1.807, 2.05) is 18.2 Å². The molecule has 7 nitrogen and oxygen atoms in total. The van der Waals surface area contributed by atoms with E-state index in [1.165, 1.54) is 6.39 Å². The minimum absolute atomic E-state index is 0.0838. The van der Waals surface area contributed by atoms with Crippen LogP contribution >= 0.6 is 0 Å². The molecule has 1 atom stereocenters. The maximum Gasteiger partial charge on any atom is 0.240 e. The van der Waals surface area contributed by atoms with Gasteiger partial charge in [-0.3, -0.25) is 15.0 Å². The van der Waals surface area contributed by atoms with Crippen molar-refractivity contribution < 1.29 is 9.21 Å². The molecule has 1 amide bonds. The van der Waals surface area contributed by atoms with Gasteiger partial charge in [0.1, 0.15) is 0 Å². The highest BCUT2D eigenvalue weighted by atomic mass is 16.3. The highest BCUT2D eigenvalue weighted by Gasteiger charge is 2.22. The highest BCUT2D eigenvalue weighted by Crippen LogP contribution is 2.23. The van der Waals surface area contributed by atoms with Gasteiger partial charge in [0.05, 0.1) is 18.3 Å². The molecule has 1 fully saturated rings. The molecule has 7 heteroatoms. The first-order valence-corrected chi connectivity index (χ1v) is 8.38. The second kappa shape index (κ2) is 6.60. The summed E-state index contributed by atoms with van der Waals surface area (Å²) in [6.07, 6.45) is 7.04. The molecule has 0 aliphatic carbocycles. The Bertz CT molecular complexity index is 894. The van der Waals surface area contributed by atoms with Crippen LogP contribution in [-0.4, -0.2) is 44.9 Å². The second-order valence-corrected chi connectivity index (χ2v) is 6.34. The van der Waals surface area contributed by atoms with Crippen molar-refractivity contribution in [3.05, 3.63) is 37.0 Å². The predicted octanol–water partition coefficient (Wildman–Crippen LogP) is 2.71. The summed E-state index contributed by atoms with van der Waals surface area (Å²) >= 11 is 0. The topological polar surface area (TPSA) is 84.2 Å². The van der Waals surface area contributed by atoms with E-state index in [1.54, 1.807) is 12.4 Å². The summed E-state index contributed by atoms with van der Waals surface area (Å²) in [5, 5.41) is 3.69. The van der Waals surface area contributed by atoms with Gasteiger partial charge in [0.15, 0.2) is 12.2 Å². The molecular weight excluding hydrogens is 318 g/mol. The molecule has 128 valence electrons. The van der Waals surface area contributed by atoms with Crippen LogP contribution in [0.3, 0.4) is 0 Å². The van der Waals surface area contributed by atoms with Crippen molar-refractivity contribution in [2.75, 3.05) is 18.4 Å². The van der Waals surface area contributed by atoms with Gasteiger partial charge in [-0.15, -0.1) is 0 Å². The largest absolute Gasteiger partial charge is 0.444 e. The zero-order valence-corrected chi connectivity index (χ0v) is 14.0. The number of carbonyl (C=O) groups excluding carboxylic acids is 1. The summed E-state index contributed by atoms with van der Waals surface area (Å²) in [4.78, 5) is 27.0. The van der Waals surface area contributed by atoms with Crippen LogP contribution in [0.15, 0.2) is 41.4 Å². The van der Waals surface area contributed by atoms with E-state index >= 15 is 0 Å². The number of rotatable bonds is 4. The van der Waals surface area contributed by atoms with Gasteiger partial charge >= 0.3 is 0 Å². The third kappa shape index (κ3) is 3.36. The molecule has 2 aromatic heterocycles. The number of anilines is 1. The minimum Gasteiger partial charge on any atom is -0.444 e. The Hall–Kier alpha value is -2.80. The monoisotopic (exact) mass is 337 g/mol. The summed E-state index contributed by atoms with van der Waals surface area (Å²) in [6.45, 7) is 3.49. The molecule has 0 saturated carbocycles. The smallest absolute Gasteiger partial charge is 0.240 e. The van der Waals surface area contributed by atoms with Crippen molar-refractivity contribution in [1.29, 1.82) is 0 Å². The quantitative estimate of drug-likeness (QED) is 0.788. The number of benzene rings is 1. The van der Waals surface area contributed by atoms with Gasteiger partial charge in [0, 0.05) is 23.2 Å². The van der Waals surface area contributed by atoms with Crippen LogP contribution in [-0.2, 0) is 4.79 Å². The maximum absolute atomic E-state index is 12.2. The Morgan fingerprint density at radius 3 is 3.08 bits per heavy atom. The molecule has 0 spiro atoms. The van der Waals surface area contributed by atoms with Crippen LogP contribution in [0, 0.1) is 0 Å². The number of nitrogens with one attached hydrogen (secondary N) is 1. The van der Waals surface area contributed by atoms with Crippen molar-refractivity contribution in [2.24, 2.45) is 0 Å². The van der Waals surface area contributed by atoms with Gasteiger partial charge in [0.2, 0.25) is 11.9 Å². The van der Waals surface area contributed by atoms with Crippen molar-refractivity contribution in [3.8, 4) is 11.3 Å². The first kappa shape index (κ1) is 15.7. The molecule has 0 radical (unpaired) electrons. The molecule has 1 aliphatic rings. The SMILES string of the molecule is C[C@@H]1CCCN1CC(=O)Nc1ncc2ccc(-c3cnco3)cc2n1. The molecule has 1 aliphatic heterocycles. The van der Waals surface area contributed by atoms with Crippen LogP contribution < -0.4 is 5.32 Å². The molecule has 3 aromatic rings. The number of hydrogen-bond acceptors (Lipinski definition) is 6. The number of amides is 1. The number of fused-ring (bicyclic) bond motifs is 1. The average Bonchev–Trinajstić information content (AvgIpc) is 3.27. The van der Waals surface area contributed by atoms with E-state index in [4.69, 9.17) is 4.42 Å². The van der Waals surface area contributed by atoms with Gasteiger partial charge in [-0.2, -0.15) is 0 Å². The zero-order chi connectivity index (χ0) is 17.2. The molecule has 25 heavy (non-hydrogen) atoms. The molecular formula is C18H19N5O2. The third-order valence-electron chi connectivity index (χ3n) is 4.59.